The maximum absolute atomic E-state index is 11.1. The highest BCUT2D eigenvalue weighted by atomic mass is 16.3. The van der Waals surface area contributed by atoms with E-state index in [0.717, 1.165) is 19.6 Å². The van der Waals surface area contributed by atoms with Gasteiger partial charge < -0.3 is 10.2 Å². The highest BCUT2D eigenvalue weighted by Gasteiger charge is 2.23. The Morgan fingerprint density at radius 1 is 1.67 bits per heavy atom. The number of rotatable bonds is 2. The molecule has 4 heteroatoms. The van der Waals surface area contributed by atoms with E-state index in [4.69, 9.17) is 0 Å². The second-order valence-corrected chi connectivity index (χ2v) is 3.06. The van der Waals surface area contributed by atoms with Crippen molar-refractivity contribution in [2.75, 3.05) is 26.2 Å². The number of amides is 1. The van der Waals surface area contributed by atoms with Crippen molar-refractivity contribution in [1.29, 1.82) is 0 Å². The van der Waals surface area contributed by atoms with Crippen LogP contribution in [-0.2, 0) is 9.90 Å². The molecule has 0 aromatic rings. The maximum Gasteiger partial charge on any atom is 0.219 e. The molecule has 0 aliphatic carbocycles. The van der Waals surface area contributed by atoms with Gasteiger partial charge >= 0.3 is 0 Å². The van der Waals surface area contributed by atoms with Gasteiger partial charge in [0, 0.05) is 32.6 Å². The molecule has 1 N–H and O–H groups in total. The van der Waals surface area contributed by atoms with Crippen LogP contribution in [0.5, 0.6) is 0 Å². The Balaban J connectivity index is 2.48. The van der Waals surface area contributed by atoms with Gasteiger partial charge in [-0.2, -0.15) is 0 Å². The minimum atomic E-state index is -0.101. The molecule has 0 saturated carbocycles. The van der Waals surface area contributed by atoms with Crippen LogP contribution in [0.3, 0.4) is 0 Å². The molecule has 0 aromatic carbocycles. The molecule has 12 heavy (non-hydrogen) atoms. The molecule has 0 bridgehead atoms. The zero-order chi connectivity index (χ0) is 8.97. The summed E-state index contributed by atoms with van der Waals surface area (Å²) >= 11 is 0. The van der Waals surface area contributed by atoms with E-state index in [0.29, 0.717) is 6.42 Å². The molecule has 1 fully saturated rings. The van der Waals surface area contributed by atoms with Crippen molar-refractivity contribution in [2.45, 2.75) is 19.4 Å². The molecule has 1 radical (unpaired) electrons. The molecule has 69 valence electrons. The molecule has 0 spiro atoms. The molecular formula is C8H15N2O2. The molecule has 1 unspecified atom stereocenters. The standard InChI is InChI=1S/C8H15N2O2/c1-7(12)10-4-3-9-6-8(10)2-5-11/h8-9H,2-6H2,1H3. The number of hydrogen-bond acceptors (Lipinski definition) is 2. The smallest absolute Gasteiger partial charge is 0.219 e. The first-order valence-electron chi connectivity index (χ1n) is 4.31. The first-order valence-corrected chi connectivity index (χ1v) is 4.31. The summed E-state index contributed by atoms with van der Waals surface area (Å²) in [6, 6.07) is 0.119. The third kappa shape index (κ3) is 2.19. The largest absolute Gasteiger partial charge is 0.337 e. The summed E-state index contributed by atoms with van der Waals surface area (Å²) in [5, 5.41) is 13.6. The fourth-order valence-corrected chi connectivity index (χ4v) is 1.57. The lowest BCUT2D eigenvalue weighted by Gasteiger charge is -2.35. The Morgan fingerprint density at radius 3 is 3.00 bits per heavy atom. The average Bonchev–Trinajstić information content (AvgIpc) is 2.05. The predicted molar refractivity (Wildman–Crippen MR) is 44.2 cm³/mol. The zero-order valence-corrected chi connectivity index (χ0v) is 7.38. The monoisotopic (exact) mass is 171 g/mol. The van der Waals surface area contributed by atoms with Gasteiger partial charge in [-0.05, 0) is 6.42 Å². The molecule has 1 aliphatic heterocycles. The molecule has 1 aliphatic rings. The number of hydrogen-bond donors (Lipinski definition) is 1. The van der Waals surface area contributed by atoms with Crippen LogP contribution in [0, 0.1) is 0 Å². The Labute approximate surface area is 72.6 Å². The van der Waals surface area contributed by atoms with Gasteiger partial charge in [0.15, 0.2) is 0 Å². The Hall–Kier alpha value is -0.610. The second kappa shape index (κ2) is 4.42. The van der Waals surface area contributed by atoms with E-state index in [-0.39, 0.29) is 18.6 Å². The van der Waals surface area contributed by atoms with Gasteiger partial charge in [-0.3, -0.25) is 4.79 Å². The molecule has 1 saturated heterocycles. The van der Waals surface area contributed by atoms with Crippen molar-refractivity contribution in [3.8, 4) is 0 Å². The summed E-state index contributed by atoms with van der Waals surface area (Å²) in [6.45, 7) is 3.80. The van der Waals surface area contributed by atoms with E-state index in [1.54, 1.807) is 11.8 Å². The van der Waals surface area contributed by atoms with Crippen molar-refractivity contribution in [1.82, 2.24) is 10.2 Å². The van der Waals surface area contributed by atoms with Crippen molar-refractivity contribution in [3.05, 3.63) is 0 Å². The fraction of sp³-hybridized carbons (Fsp3) is 0.875. The third-order valence-corrected chi connectivity index (χ3v) is 2.21. The normalized spacial score (nSPS) is 24.2. The van der Waals surface area contributed by atoms with Gasteiger partial charge in [-0.15, -0.1) is 0 Å². The second-order valence-electron chi connectivity index (χ2n) is 3.06. The average molecular weight is 171 g/mol. The van der Waals surface area contributed by atoms with E-state index >= 15 is 0 Å². The number of piperazine rings is 1. The van der Waals surface area contributed by atoms with Crippen LogP contribution in [-0.4, -0.2) is 43.1 Å². The molecular weight excluding hydrogens is 156 g/mol. The number of carbonyl (C=O) groups is 1. The van der Waals surface area contributed by atoms with Crippen LogP contribution in [0.2, 0.25) is 0 Å². The number of nitrogens with zero attached hydrogens (tertiary/aromatic N) is 1. The first kappa shape index (κ1) is 9.48. The highest BCUT2D eigenvalue weighted by molar-refractivity contribution is 5.73. The first-order chi connectivity index (χ1) is 5.75. The van der Waals surface area contributed by atoms with Crippen LogP contribution in [0.4, 0.5) is 0 Å². The summed E-state index contributed by atoms with van der Waals surface area (Å²) in [4.78, 5) is 12.9. The van der Waals surface area contributed by atoms with Crippen LogP contribution in [0.1, 0.15) is 13.3 Å². The summed E-state index contributed by atoms with van der Waals surface area (Å²) in [7, 11) is 0. The maximum atomic E-state index is 11.1. The van der Waals surface area contributed by atoms with Gasteiger partial charge in [0.05, 0.1) is 6.61 Å². The van der Waals surface area contributed by atoms with E-state index in [9.17, 15) is 9.90 Å². The number of carbonyl (C=O) groups excluding carboxylic acids is 1. The Morgan fingerprint density at radius 2 is 2.42 bits per heavy atom. The molecule has 0 aromatic heterocycles. The van der Waals surface area contributed by atoms with Crippen molar-refractivity contribution in [3.63, 3.8) is 0 Å². The zero-order valence-electron chi connectivity index (χ0n) is 7.38. The van der Waals surface area contributed by atoms with E-state index in [1.165, 1.54) is 0 Å². The summed E-state index contributed by atoms with van der Waals surface area (Å²) in [5.74, 6) is 0.0787. The van der Waals surface area contributed by atoms with E-state index in [1.807, 2.05) is 0 Å². The van der Waals surface area contributed by atoms with Crippen LogP contribution in [0.15, 0.2) is 0 Å². The third-order valence-electron chi connectivity index (χ3n) is 2.21. The molecule has 4 nitrogen and oxygen atoms in total. The molecule has 1 heterocycles. The SMILES string of the molecule is CC(=O)N1CCNCC1CC[O]. The van der Waals surface area contributed by atoms with Crippen molar-refractivity contribution < 1.29 is 9.90 Å². The summed E-state index contributed by atoms with van der Waals surface area (Å²) in [5.41, 5.74) is 0. The number of nitrogens with one attached hydrogen (secondary N) is 1. The van der Waals surface area contributed by atoms with Gasteiger partial charge in [0.2, 0.25) is 5.91 Å². The van der Waals surface area contributed by atoms with Gasteiger partial charge in [0.1, 0.15) is 0 Å². The van der Waals surface area contributed by atoms with E-state index < -0.39 is 0 Å². The minimum absolute atomic E-state index is 0.0787. The van der Waals surface area contributed by atoms with Gasteiger partial charge in [0.25, 0.3) is 0 Å². The minimum Gasteiger partial charge on any atom is -0.337 e. The Kier molecular flexibility index (Phi) is 3.49. The quantitative estimate of drug-likeness (QED) is 0.616. The van der Waals surface area contributed by atoms with Crippen molar-refractivity contribution in [2.24, 2.45) is 0 Å². The fourth-order valence-electron chi connectivity index (χ4n) is 1.57. The predicted octanol–water partition coefficient (Wildman–Crippen LogP) is -0.373. The molecule has 1 rings (SSSR count). The topological polar surface area (TPSA) is 52.2 Å². The molecule has 1 amide bonds. The molecule has 1 atom stereocenters. The lowest BCUT2D eigenvalue weighted by molar-refractivity contribution is -0.132. The summed E-state index contributed by atoms with van der Waals surface area (Å²) < 4.78 is 0. The lowest BCUT2D eigenvalue weighted by Crippen LogP contribution is -2.53. The van der Waals surface area contributed by atoms with Gasteiger partial charge in [-0.1, -0.05) is 0 Å². The van der Waals surface area contributed by atoms with E-state index in [2.05, 4.69) is 5.32 Å². The highest BCUT2D eigenvalue weighted by Crippen LogP contribution is 2.06. The van der Waals surface area contributed by atoms with Crippen LogP contribution < -0.4 is 5.32 Å². The van der Waals surface area contributed by atoms with Crippen LogP contribution >= 0.6 is 0 Å². The van der Waals surface area contributed by atoms with Gasteiger partial charge in [-0.25, -0.2) is 5.11 Å². The van der Waals surface area contributed by atoms with Crippen LogP contribution in [0.25, 0.3) is 0 Å². The van der Waals surface area contributed by atoms with Crippen molar-refractivity contribution >= 4 is 5.91 Å². The Bertz CT molecular complexity index is 159. The summed E-state index contributed by atoms with van der Waals surface area (Å²) in [6.07, 6.45) is 0.562. The lowest BCUT2D eigenvalue weighted by atomic mass is 10.1.